The van der Waals surface area contributed by atoms with E-state index in [0.717, 1.165) is 5.69 Å². The first-order valence-electron chi connectivity index (χ1n) is 6.02. The van der Waals surface area contributed by atoms with Gasteiger partial charge in [-0.25, -0.2) is 0 Å². The second-order valence-corrected chi connectivity index (χ2v) is 3.93. The zero-order valence-corrected chi connectivity index (χ0v) is 10.7. The summed E-state index contributed by atoms with van der Waals surface area (Å²) < 4.78 is 0. The molecule has 2 aromatic heterocycles. The van der Waals surface area contributed by atoms with Crippen molar-refractivity contribution in [2.75, 3.05) is 6.61 Å². The van der Waals surface area contributed by atoms with E-state index in [9.17, 15) is 4.79 Å². The minimum atomic E-state index is -0.240. The SMILES string of the molecule is O=C(NCc1ccccn1)c1cncc(C#CCO)c1. The van der Waals surface area contributed by atoms with Gasteiger partial charge in [0, 0.05) is 24.2 Å². The van der Waals surface area contributed by atoms with E-state index in [0.29, 0.717) is 17.7 Å². The molecule has 2 heterocycles. The molecule has 20 heavy (non-hydrogen) atoms. The van der Waals surface area contributed by atoms with Crippen molar-refractivity contribution in [1.29, 1.82) is 0 Å². The number of rotatable bonds is 3. The normalized spacial score (nSPS) is 9.45. The summed E-state index contributed by atoms with van der Waals surface area (Å²) in [6, 6.07) is 7.14. The molecule has 0 fully saturated rings. The molecule has 0 spiro atoms. The number of carbonyl (C=O) groups excluding carboxylic acids is 1. The predicted octanol–water partition coefficient (Wildman–Crippen LogP) is 0.750. The zero-order valence-electron chi connectivity index (χ0n) is 10.7. The first-order valence-corrected chi connectivity index (χ1v) is 6.02. The number of nitrogens with one attached hydrogen (secondary N) is 1. The van der Waals surface area contributed by atoms with Crippen molar-refractivity contribution in [1.82, 2.24) is 15.3 Å². The molecule has 2 aromatic rings. The standard InChI is InChI=1S/C15H13N3O2/c19-7-3-4-12-8-13(10-16-9-12)15(20)18-11-14-5-1-2-6-17-14/h1-2,5-6,8-10,19H,7,11H2,(H,18,20). The second-order valence-electron chi connectivity index (χ2n) is 3.93. The lowest BCUT2D eigenvalue weighted by Crippen LogP contribution is -2.23. The van der Waals surface area contributed by atoms with Gasteiger partial charge in [0.2, 0.25) is 0 Å². The Morgan fingerprint density at radius 2 is 2.25 bits per heavy atom. The van der Waals surface area contributed by atoms with Crippen molar-refractivity contribution in [2.45, 2.75) is 6.54 Å². The molecule has 0 saturated carbocycles. The fourth-order valence-corrected chi connectivity index (χ4v) is 1.55. The van der Waals surface area contributed by atoms with Crippen LogP contribution >= 0.6 is 0 Å². The summed E-state index contributed by atoms with van der Waals surface area (Å²) in [4.78, 5) is 20.0. The molecule has 5 heteroatoms. The summed E-state index contributed by atoms with van der Waals surface area (Å²) in [5, 5.41) is 11.4. The summed E-state index contributed by atoms with van der Waals surface area (Å²) in [5.74, 6) is 4.98. The van der Waals surface area contributed by atoms with Crippen molar-refractivity contribution < 1.29 is 9.90 Å². The van der Waals surface area contributed by atoms with Crippen molar-refractivity contribution in [3.8, 4) is 11.8 Å². The molecule has 0 aliphatic rings. The molecular weight excluding hydrogens is 254 g/mol. The summed E-state index contributed by atoms with van der Waals surface area (Å²) in [6.45, 7) is 0.127. The van der Waals surface area contributed by atoms with Crippen LogP contribution in [0.3, 0.4) is 0 Å². The minimum absolute atomic E-state index is 0.226. The van der Waals surface area contributed by atoms with Gasteiger partial charge in [-0.3, -0.25) is 14.8 Å². The van der Waals surface area contributed by atoms with Crippen molar-refractivity contribution in [3.63, 3.8) is 0 Å². The van der Waals surface area contributed by atoms with Crippen LogP contribution in [0.4, 0.5) is 0 Å². The third-order valence-electron chi connectivity index (χ3n) is 2.47. The average molecular weight is 267 g/mol. The molecule has 2 rings (SSSR count). The highest BCUT2D eigenvalue weighted by atomic mass is 16.2. The zero-order chi connectivity index (χ0) is 14.2. The molecule has 5 nitrogen and oxygen atoms in total. The summed E-state index contributed by atoms with van der Waals surface area (Å²) in [6.07, 6.45) is 4.68. The fraction of sp³-hybridized carbons (Fsp3) is 0.133. The lowest BCUT2D eigenvalue weighted by molar-refractivity contribution is 0.0950. The molecule has 100 valence electrons. The number of hydrogen-bond donors (Lipinski definition) is 2. The Kier molecular flexibility index (Phi) is 4.81. The van der Waals surface area contributed by atoms with E-state index in [1.807, 2.05) is 18.2 Å². The van der Waals surface area contributed by atoms with Crippen LogP contribution in [-0.4, -0.2) is 27.6 Å². The monoisotopic (exact) mass is 267 g/mol. The van der Waals surface area contributed by atoms with E-state index in [2.05, 4.69) is 27.1 Å². The molecule has 1 amide bonds. The van der Waals surface area contributed by atoms with Crippen molar-refractivity contribution in [2.24, 2.45) is 0 Å². The summed E-state index contributed by atoms with van der Waals surface area (Å²) in [7, 11) is 0. The number of aromatic nitrogens is 2. The van der Waals surface area contributed by atoms with E-state index in [-0.39, 0.29) is 12.5 Å². The third-order valence-corrected chi connectivity index (χ3v) is 2.47. The van der Waals surface area contributed by atoms with Crippen LogP contribution in [0.5, 0.6) is 0 Å². The Hall–Kier alpha value is -2.71. The molecule has 0 aliphatic heterocycles. The van der Waals surface area contributed by atoms with Gasteiger partial charge in [0.25, 0.3) is 5.91 Å². The van der Waals surface area contributed by atoms with Crippen LogP contribution in [0.15, 0.2) is 42.9 Å². The largest absolute Gasteiger partial charge is 0.384 e. The highest BCUT2D eigenvalue weighted by Gasteiger charge is 2.06. The number of aliphatic hydroxyl groups is 1. The Balaban J connectivity index is 2.02. The van der Waals surface area contributed by atoms with Gasteiger partial charge in [0.05, 0.1) is 17.8 Å². The van der Waals surface area contributed by atoms with E-state index < -0.39 is 0 Å². The van der Waals surface area contributed by atoms with Crippen LogP contribution in [0, 0.1) is 11.8 Å². The molecule has 0 unspecified atom stereocenters. The van der Waals surface area contributed by atoms with E-state index in [1.54, 1.807) is 12.3 Å². The molecule has 0 saturated heterocycles. The second kappa shape index (κ2) is 7.02. The Labute approximate surface area is 116 Å². The molecule has 0 radical (unpaired) electrons. The van der Waals surface area contributed by atoms with Crippen LogP contribution < -0.4 is 5.32 Å². The first kappa shape index (κ1) is 13.7. The molecule has 0 bridgehead atoms. The van der Waals surface area contributed by atoms with Gasteiger partial charge >= 0.3 is 0 Å². The highest BCUT2D eigenvalue weighted by Crippen LogP contribution is 2.02. The van der Waals surface area contributed by atoms with Gasteiger partial charge in [0.1, 0.15) is 6.61 Å². The average Bonchev–Trinajstić information content (AvgIpc) is 2.52. The number of pyridine rings is 2. The molecule has 0 aromatic carbocycles. The van der Waals surface area contributed by atoms with Gasteiger partial charge in [-0.1, -0.05) is 17.9 Å². The third kappa shape index (κ3) is 3.90. The quantitative estimate of drug-likeness (QED) is 0.805. The van der Waals surface area contributed by atoms with Gasteiger partial charge in [-0.05, 0) is 18.2 Å². The van der Waals surface area contributed by atoms with Crippen LogP contribution in [0.2, 0.25) is 0 Å². The van der Waals surface area contributed by atoms with Gasteiger partial charge in [-0.15, -0.1) is 0 Å². The fourth-order valence-electron chi connectivity index (χ4n) is 1.55. The van der Waals surface area contributed by atoms with Crippen LogP contribution in [0.25, 0.3) is 0 Å². The van der Waals surface area contributed by atoms with Crippen molar-refractivity contribution >= 4 is 5.91 Å². The number of nitrogens with zero attached hydrogens (tertiary/aromatic N) is 2. The summed E-state index contributed by atoms with van der Waals surface area (Å²) in [5.41, 5.74) is 1.79. The maximum Gasteiger partial charge on any atom is 0.253 e. The number of hydrogen-bond acceptors (Lipinski definition) is 4. The number of aliphatic hydroxyl groups excluding tert-OH is 1. The molecule has 0 atom stereocenters. The minimum Gasteiger partial charge on any atom is -0.384 e. The Bertz CT molecular complexity index is 645. The van der Waals surface area contributed by atoms with E-state index in [1.165, 1.54) is 12.4 Å². The van der Waals surface area contributed by atoms with E-state index in [4.69, 9.17) is 5.11 Å². The molecule has 2 N–H and O–H groups in total. The summed E-state index contributed by atoms with van der Waals surface area (Å²) >= 11 is 0. The van der Waals surface area contributed by atoms with Gasteiger partial charge in [0.15, 0.2) is 0 Å². The maximum atomic E-state index is 12.0. The lowest BCUT2D eigenvalue weighted by atomic mass is 10.2. The first-order chi connectivity index (χ1) is 9.79. The van der Waals surface area contributed by atoms with E-state index >= 15 is 0 Å². The van der Waals surface area contributed by atoms with Crippen LogP contribution in [0.1, 0.15) is 21.6 Å². The predicted molar refractivity (Wildman–Crippen MR) is 73.6 cm³/mol. The Morgan fingerprint density at radius 1 is 1.35 bits per heavy atom. The number of carbonyl (C=O) groups is 1. The molecular formula is C15H13N3O2. The smallest absolute Gasteiger partial charge is 0.253 e. The van der Waals surface area contributed by atoms with Crippen molar-refractivity contribution in [3.05, 3.63) is 59.7 Å². The van der Waals surface area contributed by atoms with Gasteiger partial charge < -0.3 is 10.4 Å². The number of amides is 1. The Morgan fingerprint density at radius 3 is 3.00 bits per heavy atom. The topological polar surface area (TPSA) is 75.1 Å². The van der Waals surface area contributed by atoms with Crippen LogP contribution in [-0.2, 0) is 6.54 Å². The lowest BCUT2D eigenvalue weighted by Gasteiger charge is -2.04. The van der Waals surface area contributed by atoms with Gasteiger partial charge in [-0.2, -0.15) is 0 Å². The maximum absolute atomic E-state index is 12.0. The molecule has 0 aliphatic carbocycles. The highest BCUT2D eigenvalue weighted by molar-refractivity contribution is 5.94.